The monoisotopic (exact) mass is 254 g/mol. The van der Waals surface area contributed by atoms with E-state index in [1.807, 2.05) is 0 Å². The fourth-order valence-electron chi connectivity index (χ4n) is 3.42. The van der Waals surface area contributed by atoms with Gasteiger partial charge in [-0.2, -0.15) is 0 Å². The van der Waals surface area contributed by atoms with E-state index in [0.717, 1.165) is 12.5 Å². The van der Waals surface area contributed by atoms with Crippen molar-refractivity contribution in [2.24, 2.45) is 5.92 Å². The molecule has 0 amide bonds. The maximum absolute atomic E-state index is 5.87. The number of nitrogens with zero attached hydrogens (tertiary/aromatic N) is 2. The van der Waals surface area contributed by atoms with Crippen LogP contribution in [0.2, 0.25) is 0 Å². The number of likely N-dealkylation sites (tertiary alicyclic amines) is 1. The molecule has 0 radical (unpaired) electrons. The third-order valence-corrected chi connectivity index (χ3v) is 4.64. The molecule has 0 aromatic rings. The van der Waals surface area contributed by atoms with Gasteiger partial charge in [0.1, 0.15) is 0 Å². The molecular weight excluding hydrogens is 224 g/mol. The van der Waals surface area contributed by atoms with Crippen LogP contribution in [-0.4, -0.2) is 61.8 Å². The van der Waals surface area contributed by atoms with Crippen LogP contribution in [0.25, 0.3) is 0 Å². The van der Waals surface area contributed by atoms with Crippen LogP contribution in [0.15, 0.2) is 0 Å². The van der Waals surface area contributed by atoms with E-state index < -0.39 is 0 Å². The molecule has 0 saturated carbocycles. The molecule has 18 heavy (non-hydrogen) atoms. The molecule has 2 atom stereocenters. The lowest BCUT2D eigenvalue weighted by atomic mass is 9.88. The van der Waals surface area contributed by atoms with Crippen LogP contribution in [-0.2, 0) is 4.74 Å². The average molecular weight is 254 g/mol. The quantitative estimate of drug-likeness (QED) is 0.723. The maximum Gasteiger partial charge on any atom is 0.0627 e. The Bertz CT molecular complexity index is 231. The normalized spacial score (nSPS) is 29.5. The van der Waals surface area contributed by atoms with Crippen LogP contribution >= 0.6 is 0 Å². The molecule has 0 aromatic carbocycles. The maximum atomic E-state index is 5.87. The molecule has 2 fully saturated rings. The lowest BCUT2D eigenvalue weighted by Crippen LogP contribution is -2.46. The Labute approximate surface area is 112 Å². The summed E-state index contributed by atoms with van der Waals surface area (Å²) in [6, 6.07) is 0. The molecule has 106 valence electrons. The molecule has 0 N–H and O–H groups in total. The fraction of sp³-hybridized carbons (Fsp3) is 1.00. The highest BCUT2D eigenvalue weighted by molar-refractivity contribution is 4.83. The smallest absolute Gasteiger partial charge is 0.0627 e. The molecule has 0 aromatic heterocycles. The Kier molecular flexibility index (Phi) is 5.93. The molecule has 3 nitrogen and oxygen atoms in total. The van der Waals surface area contributed by atoms with Gasteiger partial charge in [0, 0.05) is 19.7 Å². The second-order valence-corrected chi connectivity index (χ2v) is 5.78. The summed E-state index contributed by atoms with van der Waals surface area (Å²) in [6.07, 6.45) is 5.82. The third-order valence-electron chi connectivity index (χ3n) is 4.64. The highest BCUT2D eigenvalue weighted by Gasteiger charge is 2.31. The van der Waals surface area contributed by atoms with E-state index in [4.69, 9.17) is 4.74 Å². The van der Waals surface area contributed by atoms with Gasteiger partial charge >= 0.3 is 0 Å². The number of fused-ring (bicyclic) bond motifs is 1. The summed E-state index contributed by atoms with van der Waals surface area (Å²) in [4.78, 5) is 5.19. The molecule has 2 saturated heterocycles. The van der Waals surface area contributed by atoms with Gasteiger partial charge in [-0.1, -0.05) is 13.8 Å². The van der Waals surface area contributed by atoms with Gasteiger partial charge in [0.05, 0.1) is 6.10 Å². The Morgan fingerprint density at radius 2 is 2.06 bits per heavy atom. The molecule has 2 aliphatic rings. The van der Waals surface area contributed by atoms with Gasteiger partial charge in [-0.3, -0.25) is 0 Å². The van der Waals surface area contributed by atoms with E-state index in [-0.39, 0.29) is 0 Å². The zero-order valence-corrected chi connectivity index (χ0v) is 12.2. The van der Waals surface area contributed by atoms with Crippen LogP contribution in [0.5, 0.6) is 0 Å². The van der Waals surface area contributed by atoms with Crippen molar-refractivity contribution in [1.29, 1.82) is 0 Å². The van der Waals surface area contributed by atoms with E-state index in [9.17, 15) is 0 Å². The van der Waals surface area contributed by atoms with Gasteiger partial charge in [0.25, 0.3) is 0 Å². The molecular formula is C15H30N2O. The number of ether oxygens (including phenoxy) is 1. The van der Waals surface area contributed by atoms with Crippen molar-refractivity contribution in [3.63, 3.8) is 0 Å². The summed E-state index contributed by atoms with van der Waals surface area (Å²) >= 11 is 0. The summed E-state index contributed by atoms with van der Waals surface area (Å²) in [6.45, 7) is 13.0. The molecule has 2 aliphatic heterocycles. The van der Waals surface area contributed by atoms with E-state index in [2.05, 4.69) is 23.6 Å². The number of hydrogen-bond donors (Lipinski definition) is 0. The fourth-order valence-corrected chi connectivity index (χ4v) is 3.42. The van der Waals surface area contributed by atoms with E-state index >= 15 is 0 Å². The van der Waals surface area contributed by atoms with Gasteiger partial charge in [0.15, 0.2) is 0 Å². The summed E-state index contributed by atoms with van der Waals surface area (Å²) in [5.41, 5.74) is 0. The number of rotatable bonds is 6. The molecule has 0 bridgehead atoms. The number of hydrogen-bond acceptors (Lipinski definition) is 3. The first-order chi connectivity index (χ1) is 8.83. The van der Waals surface area contributed by atoms with E-state index in [1.54, 1.807) is 0 Å². The SMILES string of the molecule is CCN(CC)CCCN1CC[C@H]2OCCC[C@H]2C1. The average Bonchev–Trinajstić information content (AvgIpc) is 2.43. The minimum Gasteiger partial charge on any atom is -0.378 e. The molecule has 2 rings (SSSR count). The van der Waals surface area contributed by atoms with Gasteiger partial charge < -0.3 is 14.5 Å². The Morgan fingerprint density at radius 1 is 1.22 bits per heavy atom. The van der Waals surface area contributed by atoms with Crippen molar-refractivity contribution in [2.75, 3.05) is 45.9 Å². The van der Waals surface area contributed by atoms with Crippen LogP contribution in [0.3, 0.4) is 0 Å². The Balaban J connectivity index is 1.65. The summed E-state index contributed by atoms with van der Waals surface area (Å²) in [7, 11) is 0. The highest BCUT2D eigenvalue weighted by atomic mass is 16.5. The molecule has 0 unspecified atom stereocenters. The number of piperidine rings is 1. The van der Waals surface area contributed by atoms with E-state index in [1.165, 1.54) is 65.0 Å². The molecule has 2 heterocycles. The van der Waals surface area contributed by atoms with Crippen molar-refractivity contribution in [3.8, 4) is 0 Å². The molecule has 0 spiro atoms. The van der Waals surface area contributed by atoms with Crippen LogP contribution < -0.4 is 0 Å². The second-order valence-electron chi connectivity index (χ2n) is 5.78. The third kappa shape index (κ3) is 3.94. The lowest BCUT2D eigenvalue weighted by molar-refractivity contribution is -0.0664. The van der Waals surface area contributed by atoms with Crippen molar-refractivity contribution >= 4 is 0 Å². The van der Waals surface area contributed by atoms with Crippen LogP contribution in [0, 0.1) is 5.92 Å². The summed E-state index contributed by atoms with van der Waals surface area (Å²) in [5, 5.41) is 0. The first-order valence-electron chi connectivity index (χ1n) is 7.89. The first kappa shape index (κ1) is 14.3. The van der Waals surface area contributed by atoms with Crippen LogP contribution in [0.4, 0.5) is 0 Å². The van der Waals surface area contributed by atoms with Gasteiger partial charge in [0.2, 0.25) is 0 Å². The predicted molar refractivity (Wildman–Crippen MR) is 75.9 cm³/mol. The highest BCUT2D eigenvalue weighted by Crippen LogP contribution is 2.28. The minimum atomic E-state index is 0.581. The second kappa shape index (κ2) is 7.46. The zero-order valence-electron chi connectivity index (χ0n) is 12.2. The van der Waals surface area contributed by atoms with Crippen molar-refractivity contribution in [3.05, 3.63) is 0 Å². The lowest BCUT2D eigenvalue weighted by Gasteiger charge is -2.41. The summed E-state index contributed by atoms with van der Waals surface area (Å²) < 4.78 is 5.87. The van der Waals surface area contributed by atoms with Crippen molar-refractivity contribution < 1.29 is 4.74 Å². The zero-order chi connectivity index (χ0) is 12.8. The molecule has 3 heteroatoms. The topological polar surface area (TPSA) is 15.7 Å². The van der Waals surface area contributed by atoms with Gasteiger partial charge in [-0.15, -0.1) is 0 Å². The first-order valence-corrected chi connectivity index (χ1v) is 7.89. The molecule has 0 aliphatic carbocycles. The van der Waals surface area contributed by atoms with Crippen molar-refractivity contribution in [2.45, 2.75) is 45.6 Å². The largest absolute Gasteiger partial charge is 0.378 e. The summed E-state index contributed by atoms with van der Waals surface area (Å²) in [5.74, 6) is 0.820. The van der Waals surface area contributed by atoms with Gasteiger partial charge in [-0.05, 0) is 57.8 Å². The standard InChI is InChI=1S/C15H30N2O/c1-3-16(4-2)9-6-10-17-11-8-15-14(13-17)7-5-12-18-15/h14-15H,3-13H2,1-2H3/t14-,15+/m0/s1. The van der Waals surface area contributed by atoms with Gasteiger partial charge in [-0.25, -0.2) is 0 Å². The minimum absolute atomic E-state index is 0.581. The Morgan fingerprint density at radius 3 is 2.83 bits per heavy atom. The van der Waals surface area contributed by atoms with Crippen molar-refractivity contribution in [1.82, 2.24) is 9.80 Å². The Hall–Kier alpha value is -0.120. The predicted octanol–water partition coefficient (Wildman–Crippen LogP) is 2.22. The van der Waals surface area contributed by atoms with Crippen LogP contribution in [0.1, 0.15) is 39.5 Å². The van der Waals surface area contributed by atoms with E-state index in [0.29, 0.717) is 6.10 Å².